The van der Waals surface area contributed by atoms with Crippen LogP contribution in [0, 0.1) is 12.8 Å². The molecule has 0 bridgehead atoms. The molecule has 0 aliphatic rings. The molecular formula is C12H18ClNO4S2. The fraction of sp³-hybridized carbons (Fsp3) is 0.583. The van der Waals surface area contributed by atoms with Crippen LogP contribution < -0.4 is 4.72 Å². The normalized spacial score (nSPS) is 13.3. The van der Waals surface area contributed by atoms with E-state index in [4.69, 9.17) is 16.7 Å². The Bertz CT molecular complexity index is 549. The summed E-state index contributed by atoms with van der Waals surface area (Å²) < 4.78 is 27.2. The van der Waals surface area contributed by atoms with Crippen molar-refractivity contribution in [3.8, 4) is 0 Å². The van der Waals surface area contributed by atoms with Crippen LogP contribution in [-0.2, 0) is 14.8 Å². The Morgan fingerprint density at radius 2 is 2.15 bits per heavy atom. The summed E-state index contributed by atoms with van der Waals surface area (Å²) in [6.07, 6.45) is 1.25. The van der Waals surface area contributed by atoms with Gasteiger partial charge in [-0.05, 0) is 37.3 Å². The van der Waals surface area contributed by atoms with Crippen molar-refractivity contribution in [3.63, 3.8) is 0 Å². The first kappa shape index (κ1) is 17.4. The van der Waals surface area contributed by atoms with Gasteiger partial charge in [-0.15, -0.1) is 11.3 Å². The van der Waals surface area contributed by atoms with Crippen LogP contribution in [0.5, 0.6) is 0 Å². The van der Waals surface area contributed by atoms with E-state index in [0.717, 1.165) is 16.9 Å². The van der Waals surface area contributed by atoms with Crippen LogP contribution in [0.15, 0.2) is 10.3 Å². The van der Waals surface area contributed by atoms with Gasteiger partial charge in [0.1, 0.15) is 4.21 Å². The number of hydrogen-bond donors (Lipinski definition) is 2. The predicted octanol–water partition coefficient (Wildman–Crippen LogP) is 2.88. The van der Waals surface area contributed by atoms with Crippen molar-refractivity contribution in [2.24, 2.45) is 5.92 Å². The zero-order chi connectivity index (χ0) is 15.3. The van der Waals surface area contributed by atoms with Gasteiger partial charge in [0, 0.05) is 13.0 Å². The Hall–Kier alpha value is -0.630. The first-order valence-corrected chi connectivity index (χ1v) is 8.87. The van der Waals surface area contributed by atoms with Crippen LogP contribution in [0.2, 0.25) is 4.34 Å². The second-order valence-corrected chi connectivity index (χ2v) is 8.39. The van der Waals surface area contributed by atoms with E-state index in [1.165, 1.54) is 0 Å². The number of carboxylic acids is 1. The predicted molar refractivity (Wildman–Crippen MR) is 79.9 cm³/mol. The highest BCUT2D eigenvalue weighted by Gasteiger charge is 2.18. The molecule has 1 aromatic rings. The molecule has 2 N–H and O–H groups in total. The van der Waals surface area contributed by atoms with Gasteiger partial charge in [-0.25, -0.2) is 13.1 Å². The Kier molecular flexibility index (Phi) is 6.44. The lowest BCUT2D eigenvalue weighted by molar-refractivity contribution is -0.137. The van der Waals surface area contributed by atoms with E-state index in [0.29, 0.717) is 17.2 Å². The Balaban J connectivity index is 2.46. The van der Waals surface area contributed by atoms with Crippen molar-refractivity contribution in [1.82, 2.24) is 4.72 Å². The van der Waals surface area contributed by atoms with Crippen LogP contribution in [0.25, 0.3) is 0 Å². The number of nitrogens with one attached hydrogen (secondary N) is 1. The van der Waals surface area contributed by atoms with Crippen molar-refractivity contribution in [3.05, 3.63) is 16.0 Å². The number of carboxylic acid groups (broad SMARTS) is 1. The fourth-order valence-corrected chi connectivity index (χ4v) is 4.39. The molecular weight excluding hydrogens is 322 g/mol. The second-order valence-electron chi connectivity index (χ2n) is 4.75. The molecule has 0 aliphatic carbocycles. The zero-order valence-electron chi connectivity index (χ0n) is 11.3. The summed E-state index contributed by atoms with van der Waals surface area (Å²) in [7, 11) is -3.52. The monoisotopic (exact) mass is 339 g/mol. The van der Waals surface area contributed by atoms with Gasteiger partial charge >= 0.3 is 5.97 Å². The lowest BCUT2D eigenvalue weighted by Gasteiger charge is -2.10. The first-order valence-electron chi connectivity index (χ1n) is 6.19. The minimum atomic E-state index is -3.52. The number of halogens is 1. The van der Waals surface area contributed by atoms with E-state index in [9.17, 15) is 13.2 Å². The number of sulfonamides is 1. The van der Waals surface area contributed by atoms with Crippen molar-refractivity contribution < 1.29 is 18.3 Å². The molecule has 0 spiro atoms. The summed E-state index contributed by atoms with van der Waals surface area (Å²) >= 11 is 6.89. The molecule has 1 heterocycles. The van der Waals surface area contributed by atoms with Crippen molar-refractivity contribution >= 4 is 38.9 Å². The van der Waals surface area contributed by atoms with E-state index in [1.54, 1.807) is 13.0 Å². The lowest BCUT2D eigenvalue weighted by Crippen LogP contribution is -2.25. The molecule has 1 aromatic heterocycles. The van der Waals surface area contributed by atoms with Crippen LogP contribution in [0.4, 0.5) is 0 Å². The van der Waals surface area contributed by atoms with Crippen LogP contribution in [0.3, 0.4) is 0 Å². The molecule has 0 saturated heterocycles. The lowest BCUT2D eigenvalue weighted by atomic mass is 10.0. The second kappa shape index (κ2) is 7.40. The van der Waals surface area contributed by atoms with Gasteiger partial charge in [-0.3, -0.25) is 4.79 Å². The third-order valence-corrected chi connectivity index (χ3v) is 6.37. The number of aryl methyl sites for hydroxylation is 1. The maximum Gasteiger partial charge on any atom is 0.303 e. The number of thiophene rings is 1. The molecule has 0 aromatic carbocycles. The van der Waals surface area contributed by atoms with Crippen LogP contribution in [0.1, 0.15) is 31.7 Å². The molecule has 1 unspecified atom stereocenters. The molecule has 0 amide bonds. The molecule has 0 aliphatic heterocycles. The van der Waals surface area contributed by atoms with E-state index in [-0.39, 0.29) is 23.1 Å². The highest BCUT2D eigenvalue weighted by atomic mass is 35.5. The molecule has 0 saturated carbocycles. The van der Waals surface area contributed by atoms with E-state index in [2.05, 4.69) is 4.72 Å². The molecule has 1 atom stereocenters. The maximum absolute atomic E-state index is 12.0. The highest BCUT2D eigenvalue weighted by Crippen LogP contribution is 2.29. The van der Waals surface area contributed by atoms with Gasteiger partial charge in [0.2, 0.25) is 10.0 Å². The zero-order valence-corrected chi connectivity index (χ0v) is 13.7. The summed E-state index contributed by atoms with van der Waals surface area (Å²) in [5, 5.41) is 8.57. The summed E-state index contributed by atoms with van der Waals surface area (Å²) in [5.74, 6) is -0.677. The molecule has 114 valence electrons. The SMILES string of the molecule is Cc1cc(S(=O)(=O)NCCC(C)CCC(=O)O)sc1Cl. The van der Waals surface area contributed by atoms with Crippen molar-refractivity contribution in [2.45, 2.75) is 37.3 Å². The number of rotatable bonds is 8. The molecule has 20 heavy (non-hydrogen) atoms. The van der Waals surface area contributed by atoms with E-state index in [1.807, 2.05) is 6.92 Å². The van der Waals surface area contributed by atoms with Gasteiger partial charge in [-0.1, -0.05) is 18.5 Å². The summed E-state index contributed by atoms with van der Waals surface area (Å²) in [6, 6.07) is 1.54. The molecule has 5 nitrogen and oxygen atoms in total. The molecule has 0 radical (unpaired) electrons. The average Bonchev–Trinajstić information content (AvgIpc) is 2.68. The highest BCUT2D eigenvalue weighted by molar-refractivity contribution is 7.91. The smallest absolute Gasteiger partial charge is 0.303 e. The average molecular weight is 340 g/mol. The number of hydrogen-bond acceptors (Lipinski definition) is 4. The minimum absolute atomic E-state index is 0.105. The topological polar surface area (TPSA) is 83.5 Å². The van der Waals surface area contributed by atoms with Crippen LogP contribution in [-0.4, -0.2) is 26.0 Å². The first-order chi connectivity index (χ1) is 9.22. The summed E-state index contributed by atoms with van der Waals surface area (Å²) in [4.78, 5) is 10.4. The quantitative estimate of drug-likeness (QED) is 0.762. The van der Waals surface area contributed by atoms with E-state index >= 15 is 0 Å². The van der Waals surface area contributed by atoms with Crippen LogP contribution >= 0.6 is 22.9 Å². The third-order valence-electron chi connectivity index (χ3n) is 2.88. The number of aliphatic carboxylic acids is 1. The minimum Gasteiger partial charge on any atom is -0.481 e. The molecule has 1 rings (SSSR count). The molecule has 8 heteroatoms. The largest absolute Gasteiger partial charge is 0.481 e. The van der Waals surface area contributed by atoms with Gasteiger partial charge in [0.15, 0.2) is 0 Å². The van der Waals surface area contributed by atoms with Gasteiger partial charge in [0.05, 0.1) is 4.34 Å². The van der Waals surface area contributed by atoms with E-state index < -0.39 is 16.0 Å². The van der Waals surface area contributed by atoms with Gasteiger partial charge in [-0.2, -0.15) is 0 Å². The van der Waals surface area contributed by atoms with Gasteiger partial charge in [0.25, 0.3) is 0 Å². The van der Waals surface area contributed by atoms with Crippen molar-refractivity contribution in [2.75, 3.05) is 6.54 Å². The fourth-order valence-electron chi connectivity index (χ4n) is 1.59. The Labute approximate surface area is 128 Å². The number of carbonyl (C=O) groups is 1. The standard InChI is InChI=1S/C12H18ClNO4S2/c1-8(3-4-10(15)16)5-6-14-20(17,18)11-7-9(2)12(13)19-11/h7-8,14H,3-6H2,1-2H3,(H,15,16). The Morgan fingerprint density at radius 3 is 2.65 bits per heavy atom. The summed E-state index contributed by atoms with van der Waals surface area (Å²) in [5.41, 5.74) is 0.742. The summed E-state index contributed by atoms with van der Waals surface area (Å²) in [6.45, 7) is 3.95. The maximum atomic E-state index is 12.0. The third kappa shape index (κ3) is 5.40. The van der Waals surface area contributed by atoms with Gasteiger partial charge < -0.3 is 5.11 Å². The Morgan fingerprint density at radius 1 is 1.50 bits per heavy atom. The van der Waals surface area contributed by atoms with Crippen molar-refractivity contribution in [1.29, 1.82) is 0 Å². The molecule has 0 fully saturated rings.